The molecule has 3 aromatic carbocycles. The van der Waals surface area contributed by atoms with Gasteiger partial charge in [0, 0.05) is 29.1 Å². The first-order valence-corrected chi connectivity index (χ1v) is 11.6. The molecule has 0 aliphatic carbocycles. The van der Waals surface area contributed by atoms with E-state index in [-0.39, 0.29) is 10.6 Å². The van der Waals surface area contributed by atoms with Crippen molar-refractivity contribution in [2.75, 3.05) is 10.6 Å². The number of hydrogen-bond donors (Lipinski definition) is 3. The van der Waals surface area contributed by atoms with E-state index in [0.29, 0.717) is 23.0 Å². The van der Waals surface area contributed by atoms with Crippen molar-refractivity contribution in [3.05, 3.63) is 94.8 Å². The molecule has 0 atom stereocenters. The predicted molar refractivity (Wildman–Crippen MR) is 130 cm³/mol. The fourth-order valence-corrected chi connectivity index (χ4v) is 3.85. The lowest BCUT2D eigenvalue weighted by molar-refractivity contribution is -0.384. The van der Waals surface area contributed by atoms with Crippen LogP contribution in [0.4, 0.5) is 28.6 Å². The molecule has 0 bridgehead atoms. The van der Waals surface area contributed by atoms with Gasteiger partial charge in [0.1, 0.15) is 17.3 Å². The van der Waals surface area contributed by atoms with Gasteiger partial charge in [0.25, 0.3) is 5.69 Å². The molecule has 0 amide bonds. The Morgan fingerprint density at radius 3 is 2.26 bits per heavy atom. The van der Waals surface area contributed by atoms with Gasteiger partial charge in [0.15, 0.2) is 0 Å². The zero-order valence-electron chi connectivity index (χ0n) is 18.0. The van der Waals surface area contributed by atoms with Crippen LogP contribution in [0.5, 0.6) is 0 Å². The van der Waals surface area contributed by atoms with Gasteiger partial charge in [-0.1, -0.05) is 36.4 Å². The monoisotopic (exact) mass is 476 g/mol. The topological polar surface area (TPSA) is 153 Å². The normalized spacial score (nSPS) is 11.1. The van der Waals surface area contributed by atoms with E-state index in [4.69, 9.17) is 5.14 Å². The van der Waals surface area contributed by atoms with E-state index in [9.17, 15) is 18.5 Å². The molecule has 0 spiro atoms. The van der Waals surface area contributed by atoms with Crippen LogP contribution >= 0.6 is 0 Å². The van der Waals surface area contributed by atoms with Gasteiger partial charge < -0.3 is 10.6 Å². The average Bonchev–Trinajstić information content (AvgIpc) is 2.79. The van der Waals surface area contributed by atoms with E-state index in [2.05, 4.69) is 20.6 Å². The molecule has 10 nitrogen and oxygen atoms in total. The van der Waals surface area contributed by atoms with Crippen molar-refractivity contribution in [3.8, 4) is 11.3 Å². The van der Waals surface area contributed by atoms with E-state index in [1.165, 1.54) is 12.1 Å². The summed E-state index contributed by atoms with van der Waals surface area (Å²) >= 11 is 0. The molecular formula is C23H20N6O4S. The molecule has 0 saturated carbocycles. The first kappa shape index (κ1) is 22.8. The molecule has 0 unspecified atom stereocenters. The molecule has 0 aliphatic rings. The summed E-state index contributed by atoms with van der Waals surface area (Å²) < 4.78 is 23.1. The van der Waals surface area contributed by atoms with E-state index < -0.39 is 20.6 Å². The van der Waals surface area contributed by atoms with Crippen molar-refractivity contribution in [1.82, 2.24) is 9.97 Å². The van der Waals surface area contributed by atoms with E-state index in [1.54, 1.807) is 25.1 Å². The van der Waals surface area contributed by atoms with E-state index in [0.717, 1.165) is 17.3 Å². The number of aromatic nitrogens is 2. The van der Waals surface area contributed by atoms with Crippen LogP contribution in [0.1, 0.15) is 5.82 Å². The number of sulfonamides is 1. The summed E-state index contributed by atoms with van der Waals surface area (Å²) in [4.78, 5) is 19.4. The highest BCUT2D eigenvalue weighted by Crippen LogP contribution is 2.31. The van der Waals surface area contributed by atoms with Gasteiger partial charge in [0.2, 0.25) is 10.0 Å². The van der Waals surface area contributed by atoms with Crippen molar-refractivity contribution >= 4 is 38.6 Å². The zero-order chi connectivity index (χ0) is 24.3. The van der Waals surface area contributed by atoms with E-state index in [1.807, 2.05) is 42.5 Å². The fraction of sp³-hybridized carbons (Fsp3) is 0.0435. The van der Waals surface area contributed by atoms with Gasteiger partial charge in [-0.2, -0.15) is 0 Å². The third-order valence-electron chi connectivity index (χ3n) is 4.82. The van der Waals surface area contributed by atoms with Crippen LogP contribution in [0.25, 0.3) is 11.3 Å². The molecule has 172 valence electrons. The minimum absolute atomic E-state index is 0.124. The Bertz CT molecular complexity index is 1480. The quantitative estimate of drug-likeness (QED) is 0.260. The standard InChI is InChI=1S/C23H20N6O4S/c1-15-25-21(16-6-3-2-4-7-16)14-23(26-15)28-18-9-5-8-17(12-18)27-20-11-10-19(34(24,32)33)13-22(20)29(30)31/h2-14,27H,1H3,(H2,24,32,33)(H,25,26,28). The SMILES string of the molecule is Cc1nc(Nc2cccc(Nc3ccc(S(N)(=O)=O)cc3[N+](=O)[O-])c2)cc(-c2ccccc2)n1. The Hall–Kier alpha value is -4.35. The van der Waals surface area contributed by atoms with Gasteiger partial charge in [-0.25, -0.2) is 23.5 Å². The van der Waals surface area contributed by atoms with Crippen molar-refractivity contribution in [2.45, 2.75) is 11.8 Å². The van der Waals surface area contributed by atoms with Gasteiger partial charge in [-0.15, -0.1) is 0 Å². The maximum absolute atomic E-state index is 11.6. The predicted octanol–water partition coefficient (Wildman–Crippen LogP) is 4.49. The molecule has 0 saturated heterocycles. The highest BCUT2D eigenvalue weighted by molar-refractivity contribution is 7.89. The van der Waals surface area contributed by atoms with Crippen molar-refractivity contribution in [1.29, 1.82) is 0 Å². The molecule has 1 heterocycles. The Labute approximate surface area is 195 Å². The molecule has 4 N–H and O–H groups in total. The number of nitro groups is 1. The molecular weight excluding hydrogens is 456 g/mol. The minimum atomic E-state index is -4.07. The highest BCUT2D eigenvalue weighted by atomic mass is 32.2. The van der Waals surface area contributed by atoms with Gasteiger partial charge in [-0.05, 0) is 37.3 Å². The number of nitro benzene ring substituents is 1. The molecule has 11 heteroatoms. The maximum atomic E-state index is 11.6. The van der Waals surface area contributed by atoms with Crippen molar-refractivity contribution in [3.63, 3.8) is 0 Å². The fourth-order valence-electron chi connectivity index (χ4n) is 3.31. The summed E-state index contributed by atoms with van der Waals surface area (Å²) in [6, 6.07) is 22.1. The lowest BCUT2D eigenvalue weighted by Gasteiger charge is -2.12. The first-order valence-electron chi connectivity index (χ1n) is 10.1. The summed E-state index contributed by atoms with van der Waals surface area (Å²) in [7, 11) is -4.07. The second kappa shape index (κ2) is 9.25. The summed E-state index contributed by atoms with van der Waals surface area (Å²) in [6.45, 7) is 1.81. The molecule has 4 aromatic rings. The number of hydrogen-bond acceptors (Lipinski definition) is 8. The summed E-state index contributed by atoms with van der Waals surface area (Å²) in [6.07, 6.45) is 0. The molecule has 0 aliphatic heterocycles. The Morgan fingerprint density at radius 1 is 0.882 bits per heavy atom. The molecule has 0 radical (unpaired) electrons. The second-order valence-corrected chi connectivity index (χ2v) is 8.92. The van der Waals surface area contributed by atoms with Crippen LogP contribution in [0.2, 0.25) is 0 Å². The van der Waals surface area contributed by atoms with Crippen LogP contribution in [0, 0.1) is 17.0 Å². The minimum Gasteiger partial charge on any atom is -0.350 e. The molecule has 4 rings (SSSR count). The summed E-state index contributed by atoms with van der Waals surface area (Å²) in [5, 5.41) is 22.8. The summed E-state index contributed by atoms with van der Waals surface area (Å²) in [5.41, 5.74) is 2.68. The number of nitrogens with zero attached hydrogens (tertiary/aromatic N) is 3. The maximum Gasteiger partial charge on any atom is 0.294 e. The largest absolute Gasteiger partial charge is 0.350 e. The number of rotatable bonds is 7. The van der Waals surface area contributed by atoms with Crippen molar-refractivity contribution < 1.29 is 13.3 Å². The Morgan fingerprint density at radius 2 is 1.59 bits per heavy atom. The number of anilines is 4. The zero-order valence-corrected chi connectivity index (χ0v) is 18.8. The van der Waals surface area contributed by atoms with Crippen LogP contribution in [-0.2, 0) is 10.0 Å². The smallest absolute Gasteiger partial charge is 0.294 e. The number of nitrogens with one attached hydrogen (secondary N) is 2. The third-order valence-corrected chi connectivity index (χ3v) is 5.73. The Kier molecular flexibility index (Phi) is 6.21. The summed E-state index contributed by atoms with van der Waals surface area (Å²) in [5.74, 6) is 1.19. The van der Waals surface area contributed by atoms with Crippen LogP contribution in [-0.4, -0.2) is 23.3 Å². The lowest BCUT2D eigenvalue weighted by atomic mass is 10.1. The lowest BCUT2D eigenvalue weighted by Crippen LogP contribution is -2.12. The van der Waals surface area contributed by atoms with Crippen molar-refractivity contribution in [2.24, 2.45) is 5.14 Å². The van der Waals surface area contributed by atoms with Crippen LogP contribution < -0.4 is 15.8 Å². The van der Waals surface area contributed by atoms with Crippen LogP contribution in [0.15, 0.2) is 83.8 Å². The second-order valence-electron chi connectivity index (χ2n) is 7.36. The average molecular weight is 477 g/mol. The highest BCUT2D eigenvalue weighted by Gasteiger charge is 2.19. The third kappa shape index (κ3) is 5.34. The number of benzene rings is 3. The number of nitrogens with two attached hydrogens (primary N) is 1. The van der Waals surface area contributed by atoms with Gasteiger partial charge in [0.05, 0.1) is 15.5 Å². The Balaban J connectivity index is 1.60. The molecule has 1 aromatic heterocycles. The number of primary sulfonamides is 1. The number of aryl methyl sites for hydroxylation is 1. The molecule has 0 fully saturated rings. The molecule has 34 heavy (non-hydrogen) atoms. The first-order chi connectivity index (χ1) is 16.2. The van der Waals surface area contributed by atoms with E-state index >= 15 is 0 Å². The van der Waals surface area contributed by atoms with Gasteiger partial charge >= 0.3 is 0 Å². The van der Waals surface area contributed by atoms with Gasteiger partial charge in [-0.3, -0.25) is 10.1 Å². The van der Waals surface area contributed by atoms with Crippen LogP contribution in [0.3, 0.4) is 0 Å².